The number of rotatable bonds is 1. The Kier molecular flexibility index (Phi) is 2.69. The van der Waals surface area contributed by atoms with Crippen LogP contribution >= 0.6 is 11.8 Å². The summed E-state index contributed by atoms with van der Waals surface area (Å²) < 4.78 is 0. The van der Waals surface area contributed by atoms with E-state index in [4.69, 9.17) is 0 Å². The first kappa shape index (κ1) is 8.14. The maximum atomic E-state index is 3.38. The number of thioether (sulfide) groups is 1. The summed E-state index contributed by atoms with van der Waals surface area (Å²) >= 11 is 1.97. The molecule has 0 bridgehead atoms. The van der Waals surface area contributed by atoms with Gasteiger partial charge in [0, 0.05) is 18.8 Å². The second-order valence-electron chi connectivity index (χ2n) is 2.81. The zero-order chi connectivity index (χ0) is 8.23. The predicted octanol–water partition coefficient (Wildman–Crippen LogP) is 1.90. The SMILES string of the molecule is c1ccc([C]2CNCCS2)cc1. The second kappa shape index (κ2) is 3.97. The monoisotopic (exact) mass is 178 g/mol. The Morgan fingerprint density at radius 1 is 1.17 bits per heavy atom. The molecule has 1 N–H and O–H groups in total. The van der Waals surface area contributed by atoms with Crippen molar-refractivity contribution in [2.24, 2.45) is 0 Å². The maximum absolute atomic E-state index is 3.38. The highest BCUT2D eigenvalue weighted by atomic mass is 32.2. The summed E-state index contributed by atoms with van der Waals surface area (Å²) in [7, 11) is 0. The first-order valence-corrected chi connectivity index (χ1v) is 5.20. The second-order valence-corrected chi connectivity index (χ2v) is 4.00. The van der Waals surface area contributed by atoms with Crippen LogP contribution in [0.5, 0.6) is 0 Å². The topological polar surface area (TPSA) is 12.0 Å². The lowest BCUT2D eigenvalue weighted by Gasteiger charge is -2.21. The van der Waals surface area contributed by atoms with E-state index in [1.165, 1.54) is 16.6 Å². The molecule has 0 spiro atoms. The first-order valence-electron chi connectivity index (χ1n) is 4.21. The van der Waals surface area contributed by atoms with Gasteiger partial charge in [-0.15, -0.1) is 11.8 Å². The van der Waals surface area contributed by atoms with Crippen LogP contribution in [0.2, 0.25) is 0 Å². The van der Waals surface area contributed by atoms with Crippen LogP contribution in [0.1, 0.15) is 5.56 Å². The van der Waals surface area contributed by atoms with E-state index in [2.05, 4.69) is 35.6 Å². The minimum atomic E-state index is 1.04. The Bertz CT molecular complexity index is 229. The van der Waals surface area contributed by atoms with Crippen molar-refractivity contribution in [3.63, 3.8) is 0 Å². The van der Waals surface area contributed by atoms with Gasteiger partial charge in [-0.2, -0.15) is 0 Å². The van der Waals surface area contributed by atoms with Gasteiger partial charge < -0.3 is 5.32 Å². The molecule has 1 aliphatic rings. The van der Waals surface area contributed by atoms with Crippen molar-refractivity contribution < 1.29 is 0 Å². The summed E-state index contributed by atoms with van der Waals surface area (Å²) in [6.45, 7) is 2.18. The third-order valence-electron chi connectivity index (χ3n) is 1.94. The molecule has 0 amide bonds. The Morgan fingerprint density at radius 2 is 2.00 bits per heavy atom. The molecule has 1 saturated heterocycles. The van der Waals surface area contributed by atoms with E-state index < -0.39 is 0 Å². The molecule has 0 aromatic heterocycles. The predicted molar refractivity (Wildman–Crippen MR) is 54.1 cm³/mol. The normalized spacial score (nSPS) is 19.3. The van der Waals surface area contributed by atoms with Crippen molar-refractivity contribution in [2.75, 3.05) is 18.8 Å². The van der Waals surface area contributed by atoms with Crippen molar-refractivity contribution in [2.45, 2.75) is 0 Å². The van der Waals surface area contributed by atoms with Gasteiger partial charge in [0.2, 0.25) is 0 Å². The van der Waals surface area contributed by atoms with E-state index in [1.54, 1.807) is 0 Å². The highest BCUT2D eigenvalue weighted by Crippen LogP contribution is 2.28. The van der Waals surface area contributed by atoms with Crippen LogP contribution in [0, 0.1) is 5.25 Å². The number of hydrogen-bond acceptors (Lipinski definition) is 2. The average Bonchev–Trinajstić information content (AvgIpc) is 2.21. The van der Waals surface area contributed by atoms with E-state index in [9.17, 15) is 0 Å². The van der Waals surface area contributed by atoms with Crippen LogP contribution in [0.3, 0.4) is 0 Å². The summed E-state index contributed by atoms with van der Waals surface area (Å²) in [5, 5.41) is 4.85. The Hall–Kier alpha value is -0.470. The summed E-state index contributed by atoms with van der Waals surface area (Å²) in [6, 6.07) is 10.6. The summed E-state index contributed by atoms with van der Waals surface area (Å²) in [4.78, 5) is 0. The molecular formula is C10H12NS. The Labute approximate surface area is 77.6 Å². The van der Waals surface area contributed by atoms with Crippen LogP contribution in [-0.2, 0) is 0 Å². The fourth-order valence-corrected chi connectivity index (χ4v) is 2.31. The fraction of sp³-hybridized carbons (Fsp3) is 0.300. The molecule has 2 heteroatoms. The molecule has 1 nitrogen and oxygen atoms in total. The summed E-state index contributed by atoms with van der Waals surface area (Å²) in [5.41, 5.74) is 1.37. The maximum Gasteiger partial charge on any atom is 0.0732 e. The smallest absolute Gasteiger partial charge is 0.0732 e. The zero-order valence-corrected chi connectivity index (χ0v) is 7.73. The van der Waals surface area contributed by atoms with Crippen LogP contribution in [-0.4, -0.2) is 18.8 Å². The van der Waals surface area contributed by atoms with Gasteiger partial charge >= 0.3 is 0 Å². The molecule has 0 unspecified atom stereocenters. The highest BCUT2D eigenvalue weighted by Gasteiger charge is 2.15. The van der Waals surface area contributed by atoms with Gasteiger partial charge in [-0.25, -0.2) is 0 Å². The molecule has 63 valence electrons. The van der Waals surface area contributed by atoms with E-state index in [0.717, 1.165) is 13.1 Å². The standard InChI is InChI=1S/C10H12NS/c1-2-4-9(5-3-1)10-8-11-6-7-12-10/h1-5,11H,6-8H2. The van der Waals surface area contributed by atoms with Crippen molar-refractivity contribution in [1.29, 1.82) is 0 Å². The molecule has 0 atom stereocenters. The summed E-state index contributed by atoms with van der Waals surface area (Å²) in [6.07, 6.45) is 0. The van der Waals surface area contributed by atoms with Gasteiger partial charge in [-0.3, -0.25) is 0 Å². The van der Waals surface area contributed by atoms with Crippen molar-refractivity contribution in [3.05, 3.63) is 41.1 Å². The fourth-order valence-electron chi connectivity index (χ4n) is 1.31. The lowest BCUT2D eigenvalue weighted by molar-refractivity contribution is 0.758. The van der Waals surface area contributed by atoms with Gasteiger partial charge in [0.1, 0.15) is 0 Å². The van der Waals surface area contributed by atoms with Crippen LogP contribution in [0.25, 0.3) is 0 Å². The van der Waals surface area contributed by atoms with Crippen LogP contribution in [0.4, 0.5) is 0 Å². The van der Waals surface area contributed by atoms with Gasteiger partial charge in [0.05, 0.1) is 5.25 Å². The molecule has 1 radical (unpaired) electrons. The first-order chi connectivity index (χ1) is 5.97. The van der Waals surface area contributed by atoms with Crippen LogP contribution < -0.4 is 5.32 Å². The van der Waals surface area contributed by atoms with Gasteiger partial charge in [0.25, 0.3) is 0 Å². The molecule has 1 aliphatic heterocycles. The quantitative estimate of drug-likeness (QED) is 0.705. The molecule has 2 rings (SSSR count). The number of benzene rings is 1. The third-order valence-corrected chi connectivity index (χ3v) is 3.07. The molecule has 12 heavy (non-hydrogen) atoms. The lowest BCUT2D eigenvalue weighted by atomic mass is 10.1. The van der Waals surface area contributed by atoms with E-state index >= 15 is 0 Å². The molecular weight excluding hydrogens is 166 g/mol. The van der Waals surface area contributed by atoms with Crippen molar-refractivity contribution >= 4 is 11.8 Å². The van der Waals surface area contributed by atoms with Gasteiger partial charge in [-0.1, -0.05) is 30.3 Å². The molecule has 1 aromatic carbocycles. The minimum absolute atomic E-state index is 1.04. The molecule has 0 saturated carbocycles. The third kappa shape index (κ3) is 1.82. The molecule has 0 aliphatic carbocycles. The van der Waals surface area contributed by atoms with E-state index in [1.807, 2.05) is 11.8 Å². The van der Waals surface area contributed by atoms with E-state index in [0.29, 0.717) is 0 Å². The molecule has 1 heterocycles. The van der Waals surface area contributed by atoms with Gasteiger partial charge in [-0.05, 0) is 5.56 Å². The number of nitrogens with one attached hydrogen (secondary N) is 1. The Balaban J connectivity index is 2.08. The largest absolute Gasteiger partial charge is 0.314 e. The molecule has 1 aromatic rings. The summed E-state index contributed by atoms with van der Waals surface area (Å²) in [5.74, 6) is 1.20. The average molecular weight is 178 g/mol. The highest BCUT2D eigenvalue weighted by molar-refractivity contribution is 8.02. The van der Waals surface area contributed by atoms with E-state index in [-0.39, 0.29) is 0 Å². The van der Waals surface area contributed by atoms with Gasteiger partial charge in [0.15, 0.2) is 0 Å². The zero-order valence-electron chi connectivity index (χ0n) is 6.92. The Morgan fingerprint density at radius 3 is 2.67 bits per heavy atom. The minimum Gasteiger partial charge on any atom is -0.314 e. The molecule has 1 fully saturated rings. The van der Waals surface area contributed by atoms with Crippen molar-refractivity contribution in [1.82, 2.24) is 5.32 Å². The lowest BCUT2D eigenvalue weighted by Crippen LogP contribution is -2.28. The number of hydrogen-bond donors (Lipinski definition) is 1. The van der Waals surface area contributed by atoms with Crippen LogP contribution in [0.15, 0.2) is 30.3 Å². The van der Waals surface area contributed by atoms with Crippen molar-refractivity contribution in [3.8, 4) is 0 Å².